The van der Waals surface area contributed by atoms with Gasteiger partial charge in [-0.1, -0.05) is 46.7 Å². The molecule has 0 bridgehead atoms. The van der Waals surface area contributed by atoms with E-state index in [0.717, 1.165) is 21.9 Å². The number of benzene rings is 1. The van der Waals surface area contributed by atoms with Gasteiger partial charge in [0.15, 0.2) is 4.96 Å². The number of hydrogen-bond acceptors (Lipinski definition) is 3. The lowest BCUT2D eigenvalue weighted by atomic mass is 10.1. The van der Waals surface area contributed by atoms with Gasteiger partial charge in [-0.05, 0) is 12.1 Å². The number of aliphatic hydroxyl groups excluding tert-OH is 1. The fraction of sp³-hybridized carbons (Fsp3) is 0.0833. The van der Waals surface area contributed by atoms with Crippen LogP contribution >= 0.6 is 34.5 Å². The first kappa shape index (κ1) is 12.0. The van der Waals surface area contributed by atoms with Crippen LogP contribution in [0.1, 0.15) is 5.69 Å². The molecule has 0 aliphatic rings. The molecule has 92 valence electrons. The molecule has 0 aliphatic heterocycles. The smallest absolute Gasteiger partial charge is 0.195 e. The summed E-state index contributed by atoms with van der Waals surface area (Å²) in [6.45, 7) is -0.0911. The second-order valence-corrected chi connectivity index (χ2v) is 5.84. The Morgan fingerprint density at radius 1 is 1.22 bits per heavy atom. The molecule has 0 amide bonds. The zero-order valence-electron chi connectivity index (χ0n) is 9.10. The molecule has 0 saturated carbocycles. The second kappa shape index (κ2) is 4.55. The van der Waals surface area contributed by atoms with E-state index in [0.29, 0.717) is 9.36 Å². The molecule has 1 N–H and O–H groups in total. The average molecular weight is 299 g/mol. The van der Waals surface area contributed by atoms with Gasteiger partial charge in [0.1, 0.15) is 4.34 Å². The van der Waals surface area contributed by atoms with E-state index >= 15 is 0 Å². The third-order valence-corrected chi connectivity index (χ3v) is 4.02. The predicted octanol–water partition coefficient (Wildman–Crippen LogP) is 3.86. The maximum absolute atomic E-state index is 9.51. The molecule has 0 saturated heterocycles. The summed E-state index contributed by atoms with van der Waals surface area (Å²) in [6, 6.07) is 7.38. The van der Waals surface area contributed by atoms with Crippen molar-refractivity contribution in [3.05, 3.63) is 45.5 Å². The van der Waals surface area contributed by atoms with Gasteiger partial charge in [0, 0.05) is 16.8 Å². The summed E-state index contributed by atoms with van der Waals surface area (Å²) < 4.78 is 2.46. The first-order chi connectivity index (χ1) is 8.69. The van der Waals surface area contributed by atoms with Crippen molar-refractivity contribution in [3.8, 4) is 11.3 Å². The van der Waals surface area contributed by atoms with Crippen molar-refractivity contribution in [3.63, 3.8) is 0 Å². The van der Waals surface area contributed by atoms with Crippen LogP contribution in [0.4, 0.5) is 0 Å². The Balaban J connectivity index is 2.22. The first-order valence-corrected chi connectivity index (χ1v) is 6.79. The van der Waals surface area contributed by atoms with Gasteiger partial charge < -0.3 is 5.11 Å². The largest absolute Gasteiger partial charge is 0.390 e. The molecule has 0 radical (unpaired) electrons. The maximum atomic E-state index is 9.51. The number of rotatable bonds is 2. The van der Waals surface area contributed by atoms with Crippen LogP contribution in [0.2, 0.25) is 9.36 Å². The molecule has 0 aliphatic carbocycles. The molecule has 3 aromatic rings. The summed E-state index contributed by atoms with van der Waals surface area (Å²) in [5.74, 6) is 0. The average Bonchev–Trinajstić information content (AvgIpc) is 2.85. The summed E-state index contributed by atoms with van der Waals surface area (Å²) in [7, 11) is 0. The minimum atomic E-state index is -0.0911. The molecule has 2 heterocycles. The summed E-state index contributed by atoms with van der Waals surface area (Å²) in [5, 5.41) is 10.2. The van der Waals surface area contributed by atoms with E-state index in [1.165, 1.54) is 11.3 Å². The van der Waals surface area contributed by atoms with E-state index in [1.54, 1.807) is 18.3 Å². The Bertz CT molecular complexity index is 703. The van der Waals surface area contributed by atoms with Gasteiger partial charge in [0.05, 0.1) is 18.0 Å². The van der Waals surface area contributed by atoms with Crippen LogP contribution in [0, 0.1) is 0 Å². The first-order valence-electron chi connectivity index (χ1n) is 5.22. The molecule has 0 atom stereocenters. The van der Waals surface area contributed by atoms with E-state index in [1.807, 2.05) is 16.5 Å². The molecular formula is C12H8Cl2N2OS. The van der Waals surface area contributed by atoms with Gasteiger partial charge in [-0.2, -0.15) is 0 Å². The number of hydrogen-bond donors (Lipinski definition) is 1. The fourth-order valence-electron chi connectivity index (χ4n) is 1.85. The zero-order chi connectivity index (χ0) is 12.7. The maximum Gasteiger partial charge on any atom is 0.195 e. The fourth-order valence-corrected chi connectivity index (χ4v) is 3.02. The van der Waals surface area contributed by atoms with Gasteiger partial charge in [-0.25, -0.2) is 4.98 Å². The molecule has 0 fully saturated rings. The Hall–Kier alpha value is -1.07. The topological polar surface area (TPSA) is 37.5 Å². The van der Waals surface area contributed by atoms with Crippen molar-refractivity contribution in [2.75, 3.05) is 0 Å². The lowest BCUT2D eigenvalue weighted by Crippen LogP contribution is -1.92. The van der Waals surface area contributed by atoms with Crippen molar-refractivity contribution in [1.82, 2.24) is 9.38 Å². The molecule has 3 nitrogen and oxygen atoms in total. The Kier molecular flexibility index (Phi) is 3.03. The summed E-state index contributed by atoms with van der Waals surface area (Å²) in [5.41, 5.74) is 2.42. The number of thiazole rings is 1. The van der Waals surface area contributed by atoms with Gasteiger partial charge in [0.2, 0.25) is 0 Å². The lowest BCUT2D eigenvalue weighted by molar-refractivity contribution is 0.276. The van der Waals surface area contributed by atoms with Crippen LogP contribution in [0.3, 0.4) is 0 Å². The van der Waals surface area contributed by atoms with Gasteiger partial charge in [0.25, 0.3) is 0 Å². The molecule has 6 heteroatoms. The third-order valence-electron chi connectivity index (χ3n) is 2.66. The van der Waals surface area contributed by atoms with Crippen molar-refractivity contribution in [2.24, 2.45) is 0 Å². The highest BCUT2D eigenvalue weighted by Gasteiger charge is 2.15. The molecule has 3 rings (SSSR count). The molecule has 0 unspecified atom stereocenters. The number of aromatic nitrogens is 2. The minimum absolute atomic E-state index is 0.0911. The van der Waals surface area contributed by atoms with Crippen molar-refractivity contribution in [2.45, 2.75) is 6.61 Å². The molecule has 1 aromatic carbocycles. The number of imidazole rings is 1. The Morgan fingerprint density at radius 3 is 2.61 bits per heavy atom. The highest BCUT2D eigenvalue weighted by molar-refractivity contribution is 7.20. The minimum Gasteiger partial charge on any atom is -0.390 e. The van der Waals surface area contributed by atoms with Crippen molar-refractivity contribution >= 4 is 39.5 Å². The summed E-state index contributed by atoms with van der Waals surface area (Å²) >= 11 is 13.2. The quantitative estimate of drug-likeness (QED) is 0.780. The monoisotopic (exact) mass is 298 g/mol. The zero-order valence-corrected chi connectivity index (χ0v) is 11.4. The summed E-state index contributed by atoms with van der Waals surface area (Å²) in [4.78, 5) is 5.27. The van der Waals surface area contributed by atoms with Gasteiger partial charge in [-0.15, -0.1) is 0 Å². The number of aliphatic hydroxyl groups is 1. The lowest BCUT2D eigenvalue weighted by Gasteiger charge is -2.01. The predicted molar refractivity (Wildman–Crippen MR) is 74.4 cm³/mol. The highest BCUT2D eigenvalue weighted by Crippen LogP contribution is 2.30. The van der Waals surface area contributed by atoms with Gasteiger partial charge in [-0.3, -0.25) is 4.40 Å². The Morgan fingerprint density at radius 2 is 1.94 bits per heavy atom. The van der Waals surface area contributed by atoms with Crippen LogP contribution in [-0.2, 0) is 6.61 Å². The molecule has 0 spiro atoms. The Labute approximate surface area is 117 Å². The van der Waals surface area contributed by atoms with Crippen LogP contribution < -0.4 is 0 Å². The van der Waals surface area contributed by atoms with E-state index in [9.17, 15) is 5.11 Å². The van der Waals surface area contributed by atoms with Crippen molar-refractivity contribution < 1.29 is 5.11 Å². The van der Waals surface area contributed by atoms with Crippen LogP contribution in [0.5, 0.6) is 0 Å². The van der Waals surface area contributed by atoms with Crippen molar-refractivity contribution in [1.29, 1.82) is 0 Å². The summed E-state index contributed by atoms with van der Waals surface area (Å²) in [6.07, 6.45) is 1.76. The standard InChI is InChI=1S/C12H8Cl2N2OS/c13-8-3-1-7(2-4-8)11-9(6-17)16-5-10(14)18-12(16)15-11/h1-5,17H,6H2. The number of halogens is 2. The van der Waals surface area contributed by atoms with Crippen LogP contribution in [0.25, 0.3) is 16.2 Å². The normalized spacial score (nSPS) is 11.3. The van der Waals surface area contributed by atoms with E-state index in [2.05, 4.69) is 4.98 Å². The molecular weight excluding hydrogens is 291 g/mol. The molecule has 2 aromatic heterocycles. The highest BCUT2D eigenvalue weighted by atomic mass is 35.5. The SMILES string of the molecule is OCc1c(-c2ccc(Cl)cc2)nc2sc(Cl)cn12. The number of fused-ring (bicyclic) bond motifs is 1. The van der Waals surface area contributed by atoms with E-state index in [-0.39, 0.29) is 6.61 Å². The van der Waals surface area contributed by atoms with E-state index in [4.69, 9.17) is 23.2 Å². The third kappa shape index (κ3) is 1.91. The van der Waals surface area contributed by atoms with Gasteiger partial charge >= 0.3 is 0 Å². The van der Waals surface area contributed by atoms with Crippen LogP contribution in [0.15, 0.2) is 30.5 Å². The van der Waals surface area contributed by atoms with Crippen LogP contribution in [-0.4, -0.2) is 14.5 Å². The van der Waals surface area contributed by atoms with E-state index < -0.39 is 0 Å². The molecule has 18 heavy (non-hydrogen) atoms. The second-order valence-electron chi connectivity index (χ2n) is 3.76. The number of nitrogens with zero attached hydrogens (tertiary/aromatic N) is 2.